The van der Waals surface area contributed by atoms with Crippen LogP contribution in [0.4, 0.5) is 0 Å². The van der Waals surface area contributed by atoms with Gasteiger partial charge in [-0.2, -0.15) is 5.26 Å². The molecule has 30 heavy (non-hydrogen) atoms. The molecule has 1 fully saturated rings. The molecule has 1 aliphatic rings. The average Bonchev–Trinajstić information content (AvgIpc) is 3.03. The number of nitrogens with zero attached hydrogens (tertiary/aromatic N) is 2. The third-order valence-electron chi connectivity index (χ3n) is 5.66. The summed E-state index contributed by atoms with van der Waals surface area (Å²) in [6, 6.07) is 12.8. The zero-order chi connectivity index (χ0) is 21.9. The normalized spacial score (nSPS) is 19.6. The lowest BCUT2D eigenvalue weighted by molar-refractivity contribution is 0.225. The summed E-state index contributed by atoms with van der Waals surface area (Å²) in [6.45, 7) is 7.49. The smallest absolute Gasteiger partial charge is 0.175 e. The third kappa shape index (κ3) is 5.75. The van der Waals surface area contributed by atoms with E-state index in [1.807, 2.05) is 12.1 Å². The number of likely N-dealkylation sites (tertiary alicyclic amines) is 1. The minimum atomic E-state index is -3.22. The summed E-state index contributed by atoms with van der Waals surface area (Å²) in [5.41, 5.74) is 2.37. The quantitative estimate of drug-likeness (QED) is 0.640. The minimum absolute atomic E-state index is 0.343. The zero-order valence-corrected chi connectivity index (χ0v) is 19.1. The highest BCUT2D eigenvalue weighted by Gasteiger charge is 2.29. The van der Waals surface area contributed by atoms with Gasteiger partial charge in [-0.25, -0.2) is 8.42 Å². The molecule has 3 rings (SSSR count). The molecule has 7 heteroatoms. The molecule has 0 spiro atoms. The van der Waals surface area contributed by atoms with Crippen LogP contribution in [-0.4, -0.2) is 45.8 Å². The molecule has 160 valence electrons. The predicted molar refractivity (Wildman–Crippen MR) is 119 cm³/mol. The van der Waals surface area contributed by atoms with Gasteiger partial charge in [0.1, 0.15) is 5.75 Å². The van der Waals surface area contributed by atoms with E-state index in [0.717, 1.165) is 31.6 Å². The van der Waals surface area contributed by atoms with Crippen LogP contribution >= 0.6 is 11.6 Å². The Morgan fingerprint density at radius 2 is 2.00 bits per heavy atom. The van der Waals surface area contributed by atoms with Crippen LogP contribution in [0.3, 0.4) is 0 Å². The van der Waals surface area contributed by atoms with Crippen molar-refractivity contribution in [2.75, 3.05) is 32.5 Å². The van der Waals surface area contributed by atoms with Crippen molar-refractivity contribution in [1.29, 1.82) is 5.26 Å². The molecular formula is C23H27ClN2O3S. The van der Waals surface area contributed by atoms with Gasteiger partial charge in [-0.05, 0) is 66.8 Å². The lowest BCUT2D eigenvalue weighted by Gasteiger charge is -2.17. The van der Waals surface area contributed by atoms with Gasteiger partial charge in [-0.1, -0.05) is 18.5 Å². The van der Waals surface area contributed by atoms with Gasteiger partial charge in [0.25, 0.3) is 0 Å². The van der Waals surface area contributed by atoms with Crippen molar-refractivity contribution < 1.29 is 13.2 Å². The van der Waals surface area contributed by atoms with Gasteiger partial charge in [0, 0.05) is 36.8 Å². The van der Waals surface area contributed by atoms with Crippen LogP contribution in [0.15, 0.2) is 41.3 Å². The van der Waals surface area contributed by atoms with Crippen LogP contribution in [-0.2, 0) is 16.3 Å². The van der Waals surface area contributed by atoms with Crippen molar-refractivity contribution in [1.82, 2.24) is 4.90 Å². The van der Waals surface area contributed by atoms with Gasteiger partial charge >= 0.3 is 0 Å². The van der Waals surface area contributed by atoms with E-state index < -0.39 is 9.84 Å². The number of ether oxygens (including phenoxy) is 1. The van der Waals surface area contributed by atoms with Crippen molar-refractivity contribution in [3.63, 3.8) is 0 Å². The fourth-order valence-electron chi connectivity index (χ4n) is 4.02. The second kappa shape index (κ2) is 9.38. The Bertz CT molecular complexity index is 1060. The Balaban J connectivity index is 1.54. The molecule has 0 saturated carbocycles. The largest absolute Gasteiger partial charge is 0.493 e. The van der Waals surface area contributed by atoms with Gasteiger partial charge in [0.15, 0.2) is 9.84 Å². The fourth-order valence-corrected chi connectivity index (χ4v) is 5.24. The van der Waals surface area contributed by atoms with E-state index in [2.05, 4.69) is 17.9 Å². The molecule has 2 unspecified atom stereocenters. The maximum Gasteiger partial charge on any atom is 0.175 e. The molecule has 0 aliphatic carbocycles. The monoisotopic (exact) mass is 446 g/mol. The van der Waals surface area contributed by atoms with E-state index in [1.165, 1.54) is 6.26 Å². The molecule has 1 saturated heterocycles. The van der Waals surface area contributed by atoms with Crippen molar-refractivity contribution in [2.24, 2.45) is 11.8 Å². The first-order chi connectivity index (χ1) is 14.2. The van der Waals surface area contributed by atoms with Crippen LogP contribution in [0.1, 0.15) is 23.6 Å². The Kier molecular flexibility index (Phi) is 7.07. The standard InChI is InChI=1S/C23H27ClN2O3S/c1-16-8-22(4-5-23(16)30(3,27)28)29-15-20-14-26(13-17(20)2)7-6-18-9-19(12-25)11-21(24)10-18/h4-5,8-11,17,20H,6-7,13-15H2,1-3H3. The molecule has 2 aromatic carbocycles. The summed E-state index contributed by atoms with van der Waals surface area (Å²) in [5, 5.41) is 9.70. The highest BCUT2D eigenvalue weighted by atomic mass is 35.5. The first-order valence-electron chi connectivity index (χ1n) is 10.0. The van der Waals surface area contributed by atoms with E-state index in [-0.39, 0.29) is 0 Å². The van der Waals surface area contributed by atoms with E-state index in [4.69, 9.17) is 21.6 Å². The Labute approximate surface area is 184 Å². The van der Waals surface area contributed by atoms with E-state index in [0.29, 0.717) is 45.2 Å². The van der Waals surface area contributed by atoms with Crippen molar-refractivity contribution >= 4 is 21.4 Å². The summed E-state index contributed by atoms with van der Waals surface area (Å²) in [6.07, 6.45) is 2.07. The number of nitriles is 1. The Morgan fingerprint density at radius 3 is 2.67 bits per heavy atom. The molecule has 0 aromatic heterocycles. The number of rotatable bonds is 7. The predicted octanol–water partition coefficient (Wildman–Crippen LogP) is 4.11. The number of hydrogen-bond acceptors (Lipinski definition) is 5. The van der Waals surface area contributed by atoms with Crippen molar-refractivity contribution in [3.8, 4) is 11.8 Å². The summed E-state index contributed by atoms with van der Waals surface area (Å²) in [4.78, 5) is 2.76. The van der Waals surface area contributed by atoms with E-state index in [9.17, 15) is 8.42 Å². The molecular weight excluding hydrogens is 420 g/mol. The molecule has 2 aromatic rings. The maximum absolute atomic E-state index is 11.8. The highest BCUT2D eigenvalue weighted by molar-refractivity contribution is 7.90. The molecule has 0 N–H and O–H groups in total. The van der Waals surface area contributed by atoms with Crippen molar-refractivity contribution in [3.05, 3.63) is 58.1 Å². The second-order valence-corrected chi connectivity index (χ2v) is 10.6. The molecule has 0 radical (unpaired) electrons. The lowest BCUT2D eigenvalue weighted by atomic mass is 9.99. The SMILES string of the molecule is Cc1cc(OCC2CN(CCc3cc(Cl)cc(C#N)c3)CC2C)ccc1S(C)(=O)=O. The summed E-state index contributed by atoms with van der Waals surface area (Å²) in [5.74, 6) is 1.62. The number of sulfone groups is 1. The molecule has 1 heterocycles. The molecule has 5 nitrogen and oxygen atoms in total. The number of benzene rings is 2. The first-order valence-corrected chi connectivity index (χ1v) is 12.3. The first kappa shape index (κ1) is 22.6. The summed E-state index contributed by atoms with van der Waals surface area (Å²) in [7, 11) is -3.22. The van der Waals surface area contributed by atoms with E-state index >= 15 is 0 Å². The van der Waals surface area contributed by atoms with Gasteiger partial charge in [0.2, 0.25) is 0 Å². The highest BCUT2D eigenvalue weighted by Crippen LogP contribution is 2.26. The average molecular weight is 447 g/mol. The van der Waals surface area contributed by atoms with Crippen molar-refractivity contribution in [2.45, 2.75) is 25.2 Å². The van der Waals surface area contributed by atoms with Crippen LogP contribution < -0.4 is 4.74 Å². The third-order valence-corrected chi connectivity index (χ3v) is 7.13. The summed E-state index contributed by atoms with van der Waals surface area (Å²) >= 11 is 6.10. The second-order valence-electron chi connectivity index (χ2n) is 8.22. The molecule has 1 aliphatic heterocycles. The van der Waals surface area contributed by atoms with Crippen LogP contribution in [0.5, 0.6) is 5.75 Å². The molecule has 0 bridgehead atoms. The van der Waals surface area contributed by atoms with Gasteiger partial charge in [-0.3, -0.25) is 0 Å². The number of hydrogen-bond donors (Lipinski definition) is 0. The maximum atomic E-state index is 11.8. The topological polar surface area (TPSA) is 70.4 Å². The van der Waals surface area contributed by atoms with Gasteiger partial charge in [-0.15, -0.1) is 0 Å². The Hall–Kier alpha value is -2.07. The van der Waals surface area contributed by atoms with Gasteiger partial charge < -0.3 is 9.64 Å². The minimum Gasteiger partial charge on any atom is -0.493 e. The fraction of sp³-hybridized carbons (Fsp3) is 0.435. The number of aryl methyl sites for hydroxylation is 1. The van der Waals surface area contributed by atoms with Crippen LogP contribution in [0.25, 0.3) is 0 Å². The molecule has 0 amide bonds. The van der Waals surface area contributed by atoms with Crippen LogP contribution in [0, 0.1) is 30.1 Å². The number of halogens is 1. The Morgan fingerprint density at radius 1 is 1.23 bits per heavy atom. The van der Waals surface area contributed by atoms with Crippen LogP contribution in [0.2, 0.25) is 5.02 Å². The van der Waals surface area contributed by atoms with E-state index in [1.54, 1.807) is 31.2 Å². The lowest BCUT2D eigenvalue weighted by Crippen LogP contribution is -2.24. The van der Waals surface area contributed by atoms with Gasteiger partial charge in [0.05, 0.1) is 23.1 Å². The zero-order valence-electron chi connectivity index (χ0n) is 17.6. The molecule has 2 atom stereocenters. The summed E-state index contributed by atoms with van der Waals surface area (Å²) < 4.78 is 29.5.